The number of aromatic nitrogens is 1. The molecule has 1 amide bonds. The monoisotopic (exact) mass is 298 g/mol. The molecule has 0 radical (unpaired) electrons. The van der Waals surface area contributed by atoms with Crippen LogP contribution in [0, 0.1) is 17.5 Å². The van der Waals surface area contributed by atoms with Crippen molar-refractivity contribution in [2.24, 2.45) is 5.73 Å². The van der Waals surface area contributed by atoms with E-state index >= 15 is 0 Å². The number of nitrogens with two attached hydrogens (primary N) is 1. The third kappa shape index (κ3) is 2.62. The van der Waals surface area contributed by atoms with Gasteiger partial charge in [-0.15, -0.1) is 0 Å². The van der Waals surface area contributed by atoms with Crippen LogP contribution in [0.1, 0.15) is 26.9 Å². The maximum atomic E-state index is 13.6. The summed E-state index contributed by atoms with van der Waals surface area (Å²) in [5, 5.41) is -1.06. The molecular weight excluding hydrogens is 289 g/mol. The van der Waals surface area contributed by atoms with E-state index in [1.54, 1.807) is 0 Å². The first-order valence-electron chi connectivity index (χ1n) is 5.49. The van der Waals surface area contributed by atoms with Crippen molar-refractivity contribution in [3.05, 3.63) is 64.7 Å². The summed E-state index contributed by atoms with van der Waals surface area (Å²) in [4.78, 5) is 14.6. The number of thiol groups is 1. The standard InChI is InChI=1S/C13H9F3N2OS/c14-7-2-3-8(15)11(16)10(7)12(20)6-1-4-9(13(17)19)18-5-6/h1-5,12,20H,(H2,17,19). The van der Waals surface area contributed by atoms with Crippen molar-refractivity contribution in [1.29, 1.82) is 0 Å². The predicted molar refractivity (Wildman–Crippen MR) is 69.9 cm³/mol. The Morgan fingerprint density at radius 3 is 2.35 bits per heavy atom. The first kappa shape index (κ1) is 14.4. The Bertz CT molecular complexity index is 661. The van der Waals surface area contributed by atoms with Crippen molar-refractivity contribution in [2.45, 2.75) is 5.25 Å². The van der Waals surface area contributed by atoms with E-state index in [2.05, 4.69) is 17.6 Å². The summed E-state index contributed by atoms with van der Waals surface area (Å²) in [5.74, 6) is -4.11. The highest BCUT2D eigenvalue weighted by Crippen LogP contribution is 2.32. The van der Waals surface area contributed by atoms with Crippen LogP contribution in [0.15, 0.2) is 30.5 Å². The Morgan fingerprint density at radius 2 is 1.80 bits per heavy atom. The minimum Gasteiger partial charge on any atom is -0.364 e. The van der Waals surface area contributed by atoms with Crippen LogP contribution in [0.5, 0.6) is 0 Å². The van der Waals surface area contributed by atoms with Gasteiger partial charge < -0.3 is 5.73 Å². The number of carbonyl (C=O) groups is 1. The van der Waals surface area contributed by atoms with Gasteiger partial charge in [0, 0.05) is 11.8 Å². The maximum Gasteiger partial charge on any atom is 0.267 e. The van der Waals surface area contributed by atoms with Crippen LogP contribution in [0.3, 0.4) is 0 Å². The molecule has 0 bridgehead atoms. The van der Waals surface area contributed by atoms with Gasteiger partial charge in [0.2, 0.25) is 0 Å². The second-order valence-corrected chi connectivity index (χ2v) is 4.52. The molecule has 2 N–H and O–H groups in total. The second-order valence-electron chi connectivity index (χ2n) is 4.00. The molecule has 1 aromatic carbocycles. The number of pyridine rings is 1. The third-order valence-corrected chi connectivity index (χ3v) is 3.26. The average molecular weight is 298 g/mol. The molecule has 2 rings (SSSR count). The highest BCUT2D eigenvalue weighted by atomic mass is 32.1. The van der Waals surface area contributed by atoms with Crippen molar-refractivity contribution in [3.8, 4) is 0 Å². The molecule has 1 atom stereocenters. The summed E-state index contributed by atoms with van der Waals surface area (Å²) in [6.45, 7) is 0. The van der Waals surface area contributed by atoms with Crippen molar-refractivity contribution < 1.29 is 18.0 Å². The van der Waals surface area contributed by atoms with E-state index in [0.29, 0.717) is 11.6 Å². The van der Waals surface area contributed by atoms with E-state index in [1.165, 1.54) is 18.3 Å². The van der Waals surface area contributed by atoms with Crippen molar-refractivity contribution in [1.82, 2.24) is 4.98 Å². The van der Waals surface area contributed by atoms with Crippen LogP contribution in [0.2, 0.25) is 0 Å². The van der Waals surface area contributed by atoms with Gasteiger partial charge in [-0.1, -0.05) is 6.07 Å². The number of primary amides is 1. The lowest BCUT2D eigenvalue weighted by atomic mass is 10.0. The molecule has 20 heavy (non-hydrogen) atoms. The Morgan fingerprint density at radius 1 is 1.15 bits per heavy atom. The van der Waals surface area contributed by atoms with Gasteiger partial charge in [0.15, 0.2) is 11.6 Å². The molecule has 7 heteroatoms. The van der Waals surface area contributed by atoms with E-state index < -0.39 is 34.2 Å². The van der Waals surface area contributed by atoms with Crippen LogP contribution in [0.4, 0.5) is 13.2 Å². The van der Waals surface area contributed by atoms with Gasteiger partial charge in [0.05, 0.1) is 5.25 Å². The predicted octanol–water partition coefficient (Wildman–Crippen LogP) is 2.62. The fourth-order valence-corrected chi connectivity index (χ4v) is 2.06. The quantitative estimate of drug-likeness (QED) is 0.676. The van der Waals surface area contributed by atoms with Crippen molar-refractivity contribution in [2.75, 3.05) is 0 Å². The van der Waals surface area contributed by atoms with Gasteiger partial charge in [-0.3, -0.25) is 9.78 Å². The number of carbonyl (C=O) groups excluding carboxylic acids is 1. The summed E-state index contributed by atoms with van der Waals surface area (Å²) >= 11 is 4.08. The second kappa shape index (κ2) is 5.54. The smallest absolute Gasteiger partial charge is 0.267 e. The molecule has 0 aliphatic carbocycles. The molecular formula is C13H9F3N2OS. The van der Waals surface area contributed by atoms with Gasteiger partial charge in [0.25, 0.3) is 5.91 Å². The van der Waals surface area contributed by atoms with Gasteiger partial charge in [0.1, 0.15) is 11.5 Å². The highest BCUT2D eigenvalue weighted by Gasteiger charge is 2.22. The van der Waals surface area contributed by atoms with Crippen LogP contribution in [-0.2, 0) is 0 Å². The molecule has 0 fully saturated rings. The van der Waals surface area contributed by atoms with E-state index in [-0.39, 0.29) is 5.69 Å². The topological polar surface area (TPSA) is 56.0 Å². The molecule has 0 saturated carbocycles. The van der Waals surface area contributed by atoms with Crippen molar-refractivity contribution in [3.63, 3.8) is 0 Å². The molecule has 3 nitrogen and oxygen atoms in total. The maximum absolute atomic E-state index is 13.6. The number of rotatable bonds is 3. The summed E-state index contributed by atoms with van der Waals surface area (Å²) in [6, 6.07) is 4.22. The number of amides is 1. The molecule has 104 valence electrons. The average Bonchev–Trinajstić information content (AvgIpc) is 2.43. The van der Waals surface area contributed by atoms with Gasteiger partial charge >= 0.3 is 0 Å². The zero-order valence-electron chi connectivity index (χ0n) is 9.98. The van der Waals surface area contributed by atoms with Crippen LogP contribution >= 0.6 is 12.6 Å². The lowest BCUT2D eigenvalue weighted by molar-refractivity contribution is 0.0995. The highest BCUT2D eigenvalue weighted by molar-refractivity contribution is 7.80. The molecule has 1 heterocycles. The zero-order chi connectivity index (χ0) is 14.9. The number of halogens is 3. The lowest BCUT2D eigenvalue weighted by Crippen LogP contribution is -2.13. The minimum atomic E-state index is -1.30. The fraction of sp³-hybridized carbons (Fsp3) is 0.0769. The van der Waals surface area contributed by atoms with E-state index in [4.69, 9.17) is 5.73 Å². The molecule has 0 aliphatic heterocycles. The van der Waals surface area contributed by atoms with E-state index in [9.17, 15) is 18.0 Å². The lowest BCUT2D eigenvalue weighted by Gasteiger charge is -2.13. The van der Waals surface area contributed by atoms with Crippen LogP contribution in [0.25, 0.3) is 0 Å². The molecule has 2 aromatic rings. The summed E-state index contributed by atoms with van der Waals surface area (Å²) in [5.41, 5.74) is 4.83. The van der Waals surface area contributed by atoms with E-state index in [0.717, 1.165) is 6.07 Å². The fourth-order valence-electron chi connectivity index (χ4n) is 1.67. The van der Waals surface area contributed by atoms with Crippen LogP contribution < -0.4 is 5.73 Å². The molecule has 0 aliphatic rings. The van der Waals surface area contributed by atoms with Gasteiger partial charge in [-0.25, -0.2) is 13.2 Å². The summed E-state index contributed by atoms with van der Waals surface area (Å²) in [7, 11) is 0. The first-order chi connectivity index (χ1) is 9.41. The number of benzene rings is 1. The Hall–Kier alpha value is -2.02. The van der Waals surface area contributed by atoms with E-state index in [1.807, 2.05) is 0 Å². The van der Waals surface area contributed by atoms with Crippen molar-refractivity contribution >= 4 is 18.5 Å². The summed E-state index contributed by atoms with van der Waals surface area (Å²) < 4.78 is 40.4. The molecule has 0 spiro atoms. The molecule has 1 aromatic heterocycles. The molecule has 1 unspecified atom stereocenters. The Kier molecular flexibility index (Phi) is 3.99. The molecule has 0 saturated heterocycles. The Labute approximate surface area is 118 Å². The minimum absolute atomic E-state index is 0.00877. The summed E-state index contributed by atoms with van der Waals surface area (Å²) in [6.07, 6.45) is 1.21. The Balaban J connectivity index is 2.43. The SMILES string of the molecule is NC(=O)c1ccc(C(S)c2c(F)ccc(F)c2F)cn1. The number of hydrogen-bond donors (Lipinski definition) is 2. The normalized spacial score (nSPS) is 12.2. The van der Waals surface area contributed by atoms with Crippen LogP contribution in [-0.4, -0.2) is 10.9 Å². The number of hydrogen-bond acceptors (Lipinski definition) is 3. The zero-order valence-corrected chi connectivity index (χ0v) is 10.9. The first-order valence-corrected chi connectivity index (χ1v) is 6.00. The third-order valence-electron chi connectivity index (χ3n) is 2.71. The van der Waals surface area contributed by atoms with Gasteiger partial charge in [-0.05, 0) is 23.8 Å². The van der Waals surface area contributed by atoms with Gasteiger partial charge in [-0.2, -0.15) is 12.6 Å². The number of nitrogens with zero attached hydrogens (tertiary/aromatic N) is 1. The largest absolute Gasteiger partial charge is 0.364 e.